The molecule has 0 unspecified atom stereocenters. The van der Waals surface area contributed by atoms with E-state index >= 15 is 0 Å². The van der Waals surface area contributed by atoms with Gasteiger partial charge >= 0.3 is 0 Å². The first-order valence-electron chi connectivity index (χ1n) is 5.01. The van der Waals surface area contributed by atoms with E-state index in [2.05, 4.69) is 0 Å². The van der Waals surface area contributed by atoms with Crippen LogP contribution >= 0.6 is 0 Å². The van der Waals surface area contributed by atoms with Crippen molar-refractivity contribution in [3.8, 4) is 11.5 Å². The molecular weight excluding hydrogens is 210 g/mol. The predicted molar refractivity (Wildman–Crippen MR) is 59.6 cm³/mol. The second-order valence-corrected chi connectivity index (χ2v) is 3.27. The van der Waals surface area contributed by atoms with E-state index in [0.29, 0.717) is 11.5 Å². The number of ether oxygens (including phenoxy) is 2. The summed E-state index contributed by atoms with van der Waals surface area (Å²) in [4.78, 5) is 0. The molecule has 0 heterocycles. The average molecular weight is 227 g/mol. The van der Waals surface area contributed by atoms with Gasteiger partial charge in [0.15, 0.2) is 11.5 Å². The Bertz CT molecular complexity index is 330. The average Bonchev–Trinajstić information content (AvgIpc) is 2.35. The highest BCUT2D eigenvalue weighted by molar-refractivity contribution is 5.43. The summed E-state index contributed by atoms with van der Waals surface area (Å²) >= 11 is 0. The van der Waals surface area contributed by atoms with E-state index in [0.717, 1.165) is 5.56 Å². The van der Waals surface area contributed by atoms with Gasteiger partial charge in [-0.2, -0.15) is 0 Å². The first kappa shape index (κ1) is 12.8. The minimum atomic E-state index is -0.430. The largest absolute Gasteiger partial charge is 0.493 e. The zero-order valence-corrected chi connectivity index (χ0v) is 9.22. The summed E-state index contributed by atoms with van der Waals surface area (Å²) < 4.78 is 10.4. The molecule has 0 aliphatic rings. The molecule has 16 heavy (non-hydrogen) atoms. The number of aliphatic hydroxyl groups is 2. The van der Waals surface area contributed by atoms with Crippen LogP contribution in [0.25, 0.3) is 0 Å². The molecule has 0 aromatic heterocycles. The molecule has 0 bridgehead atoms. The van der Waals surface area contributed by atoms with Crippen molar-refractivity contribution in [2.45, 2.75) is 6.04 Å². The maximum atomic E-state index is 8.93. The highest BCUT2D eigenvalue weighted by Gasteiger charge is 2.09. The third-order valence-corrected chi connectivity index (χ3v) is 2.16. The minimum Gasteiger partial charge on any atom is -0.493 e. The van der Waals surface area contributed by atoms with Gasteiger partial charge < -0.3 is 25.4 Å². The molecule has 0 saturated carbocycles. The first-order chi connectivity index (χ1) is 7.72. The van der Waals surface area contributed by atoms with Gasteiger partial charge in [-0.05, 0) is 17.7 Å². The van der Waals surface area contributed by atoms with Crippen molar-refractivity contribution in [3.05, 3.63) is 23.8 Å². The number of rotatable bonds is 6. The molecule has 5 nitrogen and oxygen atoms in total. The van der Waals surface area contributed by atoms with Crippen molar-refractivity contribution in [2.24, 2.45) is 5.73 Å². The highest BCUT2D eigenvalue weighted by Crippen LogP contribution is 2.29. The summed E-state index contributed by atoms with van der Waals surface area (Å²) in [5.74, 6) is 1.08. The van der Waals surface area contributed by atoms with Crippen molar-refractivity contribution in [3.63, 3.8) is 0 Å². The van der Waals surface area contributed by atoms with E-state index in [-0.39, 0.29) is 19.8 Å². The van der Waals surface area contributed by atoms with Gasteiger partial charge in [0.05, 0.1) is 26.4 Å². The summed E-state index contributed by atoms with van der Waals surface area (Å²) in [5, 5.41) is 17.6. The zero-order chi connectivity index (χ0) is 12.0. The smallest absolute Gasteiger partial charge is 0.161 e. The van der Waals surface area contributed by atoms with E-state index < -0.39 is 6.04 Å². The van der Waals surface area contributed by atoms with Crippen molar-refractivity contribution in [2.75, 3.05) is 26.9 Å². The SMILES string of the molecule is COc1cc([C@@H](N)CO)ccc1OCCO. The lowest BCUT2D eigenvalue weighted by molar-refractivity contribution is 0.196. The van der Waals surface area contributed by atoms with Crippen molar-refractivity contribution in [1.82, 2.24) is 0 Å². The number of methoxy groups -OCH3 is 1. The van der Waals surface area contributed by atoms with Crippen LogP contribution in [0.4, 0.5) is 0 Å². The first-order valence-corrected chi connectivity index (χ1v) is 5.01. The Hall–Kier alpha value is -1.30. The van der Waals surface area contributed by atoms with Gasteiger partial charge in [-0.3, -0.25) is 0 Å². The lowest BCUT2D eigenvalue weighted by atomic mass is 10.1. The number of hydrogen-bond donors (Lipinski definition) is 3. The Kier molecular flexibility index (Phi) is 5.04. The zero-order valence-electron chi connectivity index (χ0n) is 9.22. The van der Waals surface area contributed by atoms with Gasteiger partial charge in [-0.25, -0.2) is 0 Å². The molecule has 0 fully saturated rings. The number of benzene rings is 1. The second kappa shape index (κ2) is 6.32. The lowest BCUT2D eigenvalue weighted by Crippen LogP contribution is -2.14. The van der Waals surface area contributed by atoms with Gasteiger partial charge in [0.1, 0.15) is 6.61 Å². The fourth-order valence-corrected chi connectivity index (χ4v) is 1.30. The number of aliphatic hydroxyl groups excluding tert-OH is 2. The third-order valence-electron chi connectivity index (χ3n) is 2.16. The molecule has 0 spiro atoms. The van der Waals surface area contributed by atoms with Gasteiger partial charge in [0.25, 0.3) is 0 Å². The molecule has 90 valence electrons. The maximum absolute atomic E-state index is 8.93. The van der Waals surface area contributed by atoms with Crippen LogP contribution in [0.1, 0.15) is 11.6 Å². The topological polar surface area (TPSA) is 84.9 Å². The van der Waals surface area contributed by atoms with Crippen LogP contribution in [0.15, 0.2) is 18.2 Å². The summed E-state index contributed by atoms with van der Waals surface area (Å²) in [6.45, 7) is 0.0306. The van der Waals surface area contributed by atoms with Crippen LogP contribution in [0.5, 0.6) is 11.5 Å². The Morgan fingerprint density at radius 1 is 1.31 bits per heavy atom. The Morgan fingerprint density at radius 3 is 2.62 bits per heavy atom. The van der Waals surface area contributed by atoms with Gasteiger partial charge in [-0.1, -0.05) is 6.07 Å². The summed E-state index contributed by atoms with van der Waals surface area (Å²) in [6.07, 6.45) is 0. The Balaban J connectivity index is 2.88. The normalized spacial score (nSPS) is 12.2. The Morgan fingerprint density at radius 2 is 2.06 bits per heavy atom. The summed E-state index contributed by atoms with van der Waals surface area (Å²) in [7, 11) is 1.52. The van der Waals surface area contributed by atoms with Crippen molar-refractivity contribution >= 4 is 0 Å². The predicted octanol–water partition coefficient (Wildman–Crippen LogP) is 0.0584. The standard InChI is InChI=1S/C11H17NO4/c1-15-11-6-8(9(12)7-14)2-3-10(11)16-5-4-13/h2-3,6,9,13-14H,4-5,7,12H2,1H3/t9-/m0/s1. The molecule has 0 saturated heterocycles. The molecule has 1 aromatic carbocycles. The van der Waals surface area contributed by atoms with E-state index in [4.69, 9.17) is 25.4 Å². The molecular formula is C11H17NO4. The van der Waals surface area contributed by atoms with Crippen LogP contribution in [-0.4, -0.2) is 37.1 Å². The molecule has 5 heteroatoms. The lowest BCUT2D eigenvalue weighted by Gasteiger charge is -2.14. The summed E-state index contributed by atoms with van der Waals surface area (Å²) in [5.41, 5.74) is 6.46. The van der Waals surface area contributed by atoms with E-state index in [1.54, 1.807) is 18.2 Å². The van der Waals surface area contributed by atoms with Crippen LogP contribution in [0.2, 0.25) is 0 Å². The maximum Gasteiger partial charge on any atom is 0.161 e. The molecule has 1 rings (SSSR count). The van der Waals surface area contributed by atoms with E-state index in [1.165, 1.54) is 7.11 Å². The second-order valence-electron chi connectivity index (χ2n) is 3.27. The van der Waals surface area contributed by atoms with Crippen LogP contribution < -0.4 is 15.2 Å². The number of nitrogens with two attached hydrogens (primary N) is 1. The summed E-state index contributed by atoms with van der Waals surface area (Å²) in [6, 6.07) is 4.75. The van der Waals surface area contributed by atoms with Gasteiger partial charge in [0, 0.05) is 0 Å². The van der Waals surface area contributed by atoms with Gasteiger partial charge in [-0.15, -0.1) is 0 Å². The van der Waals surface area contributed by atoms with Crippen molar-refractivity contribution < 1.29 is 19.7 Å². The molecule has 0 amide bonds. The quantitative estimate of drug-likeness (QED) is 0.640. The molecule has 0 radical (unpaired) electrons. The van der Waals surface area contributed by atoms with E-state index in [9.17, 15) is 0 Å². The van der Waals surface area contributed by atoms with Crippen molar-refractivity contribution in [1.29, 1.82) is 0 Å². The fraction of sp³-hybridized carbons (Fsp3) is 0.455. The van der Waals surface area contributed by atoms with Crippen LogP contribution in [0, 0.1) is 0 Å². The molecule has 1 atom stereocenters. The van der Waals surface area contributed by atoms with Crippen LogP contribution in [-0.2, 0) is 0 Å². The minimum absolute atomic E-state index is 0.0545. The highest BCUT2D eigenvalue weighted by atomic mass is 16.5. The molecule has 0 aliphatic heterocycles. The number of hydrogen-bond acceptors (Lipinski definition) is 5. The van der Waals surface area contributed by atoms with E-state index in [1.807, 2.05) is 0 Å². The fourth-order valence-electron chi connectivity index (χ4n) is 1.30. The monoisotopic (exact) mass is 227 g/mol. The van der Waals surface area contributed by atoms with Gasteiger partial charge in [0.2, 0.25) is 0 Å². The molecule has 1 aromatic rings. The molecule has 4 N–H and O–H groups in total. The Labute approximate surface area is 94.4 Å². The third kappa shape index (κ3) is 3.10. The molecule has 0 aliphatic carbocycles. The van der Waals surface area contributed by atoms with Crippen LogP contribution in [0.3, 0.4) is 0 Å².